The largest absolute Gasteiger partial charge is 0.373 e. The molecule has 2 fully saturated rings. The third-order valence-electron chi connectivity index (χ3n) is 5.07. The number of nitrogens with one attached hydrogen (secondary N) is 1. The van der Waals surface area contributed by atoms with Crippen LogP contribution in [0.4, 0.5) is 4.79 Å². The second-order valence-electron chi connectivity index (χ2n) is 7.11. The molecule has 0 aliphatic carbocycles. The molecule has 2 aromatic heterocycles. The van der Waals surface area contributed by atoms with Crippen LogP contribution in [-0.2, 0) is 22.5 Å². The van der Waals surface area contributed by atoms with Gasteiger partial charge in [0.25, 0.3) is 5.89 Å². The number of likely N-dealkylation sites (tertiary alicyclic amines) is 1. The molecule has 1 N–H and O–H groups in total. The molecule has 0 saturated carbocycles. The normalized spacial score (nSPS) is 22.7. The van der Waals surface area contributed by atoms with Crippen molar-refractivity contribution in [2.45, 2.75) is 51.0 Å². The van der Waals surface area contributed by atoms with Crippen LogP contribution in [0.25, 0.3) is 0 Å². The third-order valence-corrected chi connectivity index (χ3v) is 5.07. The van der Waals surface area contributed by atoms with Gasteiger partial charge in [-0.15, -0.1) is 0 Å². The lowest BCUT2D eigenvalue weighted by molar-refractivity contribution is -0.0532. The molecule has 2 saturated heterocycles. The summed E-state index contributed by atoms with van der Waals surface area (Å²) in [6.07, 6.45) is 5.83. The van der Waals surface area contributed by atoms with E-state index in [4.69, 9.17) is 14.0 Å². The molecule has 2 atom stereocenters. The van der Waals surface area contributed by atoms with E-state index in [1.165, 1.54) is 0 Å². The summed E-state index contributed by atoms with van der Waals surface area (Å²) in [6.45, 7) is 4.00. The molecule has 0 radical (unpaired) electrons. The van der Waals surface area contributed by atoms with Crippen molar-refractivity contribution in [3.05, 3.63) is 41.8 Å². The van der Waals surface area contributed by atoms with E-state index in [0.29, 0.717) is 31.4 Å². The molecule has 9 nitrogen and oxygen atoms in total. The number of nitrogens with zero attached hydrogens (tertiary/aromatic N) is 4. The van der Waals surface area contributed by atoms with Gasteiger partial charge in [0, 0.05) is 31.5 Å². The van der Waals surface area contributed by atoms with Crippen LogP contribution in [0.15, 0.2) is 29.0 Å². The van der Waals surface area contributed by atoms with Crippen LogP contribution in [0.2, 0.25) is 0 Å². The van der Waals surface area contributed by atoms with Crippen LogP contribution in [0.1, 0.15) is 43.1 Å². The van der Waals surface area contributed by atoms with E-state index < -0.39 is 0 Å². The smallest absolute Gasteiger partial charge is 0.317 e. The molecular weight excluding hydrogens is 362 g/mol. The van der Waals surface area contributed by atoms with Gasteiger partial charge < -0.3 is 24.2 Å². The van der Waals surface area contributed by atoms with Crippen molar-refractivity contribution in [3.63, 3.8) is 0 Å². The predicted octanol–water partition coefficient (Wildman–Crippen LogP) is 1.86. The highest BCUT2D eigenvalue weighted by Gasteiger charge is 2.34. The molecule has 2 aromatic rings. The lowest BCUT2D eigenvalue weighted by atomic mass is 9.98. The number of urea groups is 1. The Morgan fingerprint density at radius 1 is 1.43 bits per heavy atom. The van der Waals surface area contributed by atoms with Gasteiger partial charge in [0.2, 0.25) is 0 Å². The fourth-order valence-corrected chi connectivity index (χ4v) is 3.38. The number of amides is 2. The van der Waals surface area contributed by atoms with Crippen LogP contribution >= 0.6 is 0 Å². The summed E-state index contributed by atoms with van der Waals surface area (Å²) < 4.78 is 16.7. The average Bonchev–Trinajstić information content (AvgIpc) is 3.16. The second-order valence-corrected chi connectivity index (χ2v) is 7.11. The maximum atomic E-state index is 12.5. The van der Waals surface area contributed by atoms with E-state index in [9.17, 15) is 4.79 Å². The number of carbonyl (C=O) groups excluding carboxylic acids is 1. The number of aryl methyl sites for hydroxylation is 1. The highest BCUT2D eigenvalue weighted by atomic mass is 16.5. The molecule has 4 rings (SSSR count). The van der Waals surface area contributed by atoms with E-state index in [2.05, 4.69) is 20.4 Å². The summed E-state index contributed by atoms with van der Waals surface area (Å²) in [7, 11) is 0. The van der Waals surface area contributed by atoms with E-state index in [1.807, 2.05) is 25.3 Å². The van der Waals surface area contributed by atoms with Crippen molar-refractivity contribution < 1.29 is 18.8 Å². The van der Waals surface area contributed by atoms with Crippen LogP contribution in [0.3, 0.4) is 0 Å². The molecule has 2 aliphatic rings. The lowest BCUT2D eigenvalue weighted by Gasteiger charge is -2.40. The minimum atomic E-state index is -0.0530. The minimum Gasteiger partial charge on any atom is -0.373 e. The molecule has 0 spiro atoms. The highest BCUT2D eigenvalue weighted by molar-refractivity contribution is 5.75. The lowest BCUT2D eigenvalue weighted by Crippen LogP contribution is -2.59. The van der Waals surface area contributed by atoms with Crippen LogP contribution in [0.5, 0.6) is 0 Å². The molecular formula is C19H25N5O4. The number of carbonyl (C=O) groups is 1. The minimum absolute atomic E-state index is 0.000516. The number of hydrogen-bond donors (Lipinski definition) is 1. The second kappa shape index (κ2) is 8.66. The Hall–Kier alpha value is -2.52. The number of aromatic nitrogens is 3. The van der Waals surface area contributed by atoms with Crippen LogP contribution in [-0.4, -0.2) is 57.9 Å². The van der Waals surface area contributed by atoms with Gasteiger partial charge >= 0.3 is 6.03 Å². The van der Waals surface area contributed by atoms with Gasteiger partial charge in [0.15, 0.2) is 5.82 Å². The van der Waals surface area contributed by atoms with Crippen LogP contribution in [0, 0.1) is 0 Å². The summed E-state index contributed by atoms with van der Waals surface area (Å²) in [5, 5.41) is 6.95. The Balaban J connectivity index is 1.19. The summed E-state index contributed by atoms with van der Waals surface area (Å²) in [6, 6.07) is 3.95. The van der Waals surface area contributed by atoms with Gasteiger partial charge in [0.05, 0.1) is 25.3 Å². The first-order valence-electron chi connectivity index (χ1n) is 9.71. The number of hydrogen-bond acceptors (Lipinski definition) is 7. The fraction of sp³-hybridized carbons (Fsp3) is 0.579. The van der Waals surface area contributed by atoms with Crippen molar-refractivity contribution in [2.75, 3.05) is 19.7 Å². The third kappa shape index (κ3) is 4.48. The van der Waals surface area contributed by atoms with Crippen molar-refractivity contribution in [3.8, 4) is 0 Å². The van der Waals surface area contributed by atoms with Crippen molar-refractivity contribution in [2.24, 2.45) is 0 Å². The van der Waals surface area contributed by atoms with Gasteiger partial charge in [-0.05, 0) is 24.5 Å². The Morgan fingerprint density at radius 2 is 2.32 bits per heavy atom. The first-order valence-corrected chi connectivity index (χ1v) is 9.71. The molecule has 0 unspecified atom stereocenters. The van der Waals surface area contributed by atoms with Crippen molar-refractivity contribution in [1.82, 2.24) is 25.3 Å². The first-order chi connectivity index (χ1) is 13.7. The highest BCUT2D eigenvalue weighted by Crippen LogP contribution is 2.27. The fourth-order valence-electron chi connectivity index (χ4n) is 3.38. The summed E-state index contributed by atoms with van der Waals surface area (Å²) in [4.78, 5) is 22.6. The molecule has 0 aromatic carbocycles. The maximum absolute atomic E-state index is 12.5. The van der Waals surface area contributed by atoms with Gasteiger partial charge in [-0.1, -0.05) is 18.1 Å². The summed E-state index contributed by atoms with van der Waals surface area (Å²) in [5.41, 5.74) is 1.05. The molecule has 150 valence electrons. The first kappa shape index (κ1) is 18.8. The van der Waals surface area contributed by atoms with Crippen molar-refractivity contribution in [1.29, 1.82) is 0 Å². The van der Waals surface area contributed by atoms with E-state index in [-0.39, 0.29) is 30.9 Å². The maximum Gasteiger partial charge on any atom is 0.317 e. The predicted molar refractivity (Wildman–Crippen MR) is 98.3 cm³/mol. The zero-order valence-corrected chi connectivity index (χ0v) is 15.9. The Labute approximate surface area is 163 Å². The SMILES string of the molecule is CCc1noc(COC2CN(C(=O)N[C@@H]3CCO[C@@H](c4cccnc4)C3)C2)n1. The molecule has 9 heteroatoms. The topological polar surface area (TPSA) is 103 Å². The van der Waals surface area contributed by atoms with Gasteiger partial charge in [-0.3, -0.25) is 4.98 Å². The summed E-state index contributed by atoms with van der Waals surface area (Å²) >= 11 is 0. The molecule has 28 heavy (non-hydrogen) atoms. The Kier molecular flexibility index (Phi) is 5.82. The van der Waals surface area contributed by atoms with Crippen molar-refractivity contribution >= 4 is 6.03 Å². The van der Waals surface area contributed by atoms with Crippen LogP contribution < -0.4 is 5.32 Å². The van der Waals surface area contributed by atoms with E-state index >= 15 is 0 Å². The average molecular weight is 387 g/mol. The molecule has 4 heterocycles. The van der Waals surface area contributed by atoms with E-state index in [1.54, 1.807) is 11.1 Å². The number of pyridine rings is 1. The standard InChI is InChI=1S/C19H25N5O4/c1-2-17-22-18(28-23-17)12-27-15-10-24(11-15)19(25)21-14-5-7-26-16(8-14)13-4-3-6-20-9-13/h3-4,6,9,14-16H,2,5,7-8,10-12H2,1H3,(H,21,25)/t14-,16-/m1/s1. The monoisotopic (exact) mass is 387 g/mol. The molecule has 2 aliphatic heterocycles. The molecule has 0 bridgehead atoms. The quantitative estimate of drug-likeness (QED) is 0.807. The van der Waals surface area contributed by atoms with Gasteiger partial charge in [-0.2, -0.15) is 4.98 Å². The van der Waals surface area contributed by atoms with Gasteiger partial charge in [0.1, 0.15) is 6.61 Å². The van der Waals surface area contributed by atoms with E-state index in [0.717, 1.165) is 24.8 Å². The zero-order valence-electron chi connectivity index (χ0n) is 15.9. The molecule has 2 amide bonds. The Morgan fingerprint density at radius 3 is 3.07 bits per heavy atom. The number of rotatable bonds is 6. The summed E-state index contributed by atoms with van der Waals surface area (Å²) in [5.74, 6) is 1.15. The number of ether oxygens (including phenoxy) is 2. The zero-order chi connectivity index (χ0) is 19.3. The van der Waals surface area contributed by atoms with Gasteiger partial charge in [-0.25, -0.2) is 4.79 Å². The Bertz CT molecular complexity index is 778.